The predicted molar refractivity (Wildman–Crippen MR) is 78.7 cm³/mol. The number of hydrogen-bond acceptors (Lipinski definition) is 4. The minimum absolute atomic E-state index is 0.0606. The van der Waals surface area contributed by atoms with Gasteiger partial charge in [0.1, 0.15) is 5.69 Å². The molecular weight excluding hydrogens is 314 g/mol. The van der Waals surface area contributed by atoms with E-state index in [1.165, 1.54) is 12.1 Å². The molecule has 1 N–H and O–H groups in total. The third-order valence-electron chi connectivity index (χ3n) is 2.84. The molecule has 2 aromatic rings. The highest BCUT2D eigenvalue weighted by Crippen LogP contribution is 2.15. The van der Waals surface area contributed by atoms with Crippen LogP contribution in [-0.2, 0) is 22.5 Å². The van der Waals surface area contributed by atoms with E-state index < -0.39 is 9.05 Å². The Balaban J connectivity index is 1.88. The summed E-state index contributed by atoms with van der Waals surface area (Å²) in [5.74, 6) is -0.240. The first-order valence-electron chi connectivity index (χ1n) is 6.16. The highest BCUT2D eigenvalue weighted by atomic mass is 35.7. The molecule has 0 aliphatic carbocycles. The van der Waals surface area contributed by atoms with Gasteiger partial charge in [-0.25, -0.2) is 13.4 Å². The number of hydrogen-bond donors (Lipinski definition) is 1. The molecule has 0 atom stereocenters. The van der Waals surface area contributed by atoms with Crippen molar-refractivity contribution >= 4 is 25.6 Å². The molecule has 6 nitrogen and oxygen atoms in total. The van der Waals surface area contributed by atoms with Crippen LogP contribution in [0.4, 0.5) is 0 Å². The number of nitrogens with zero attached hydrogens (tertiary/aromatic N) is 2. The zero-order valence-corrected chi connectivity index (χ0v) is 12.9. The topological polar surface area (TPSA) is 81.1 Å². The molecule has 21 heavy (non-hydrogen) atoms. The maximum Gasteiger partial charge on any atom is 0.271 e. The highest BCUT2D eigenvalue weighted by Gasteiger charge is 2.10. The van der Waals surface area contributed by atoms with Crippen molar-refractivity contribution in [2.45, 2.75) is 11.3 Å². The average Bonchev–Trinajstić information content (AvgIpc) is 2.85. The molecule has 2 rings (SSSR count). The lowest BCUT2D eigenvalue weighted by Crippen LogP contribution is -2.26. The van der Waals surface area contributed by atoms with Crippen LogP contribution in [0.5, 0.6) is 0 Å². The predicted octanol–water partition coefficient (Wildman–Crippen LogP) is 1.32. The molecule has 1 aromatic heterocycles. The van der Waals surface area contributed by atoms with Crippen molar-refractivity contribution < 1.29 is 13.2 Å². The quantitative estimate of drug-likeness (QED) is 0.840. The largest absolute Gasteiger partial charge is 0.350 e. The van der Waals surface area contributed by atoms with Gasteiger partial charge in [-0.3, -0.25) is 4.79 Å². The van der Waals surface area contributed by atoms with Crippen LogP contribution in [0.15, 0.2) is 41.7 Å². The first kappa shape index (κ1) is 15.5. The van der Waals surface area contributed by atoms with Crippen molar-refractivity contribution in [1.82, 2.24) is 14.9 Å². The minimum atomic E-state index is -3.70. The summed E-state index contributed by atoms with van der Waals surface area (Å²) >= 11 is 0. The van der Waals surface area contributed by atoms with Gasteiger partial charge in [0.15, 0.2) is 0 Å². The van der Waals surface area contributed by atoms with Crippen LogP contribution in [0.3, 0.4) is 0 Å². The van der Waals surface area contributed by atoms with Crippen LogP contribution in [-0.4, -0.2) is 30.4 Å². The third-order valence-corrected chi connectivity index (χ3v) is 4.21. The normalized spacial score (nSPS) is 11.3. The standard InChI is InChI=1S/C13H14ClN3O3S/c1-17-8-12(16-9-17)13(18)15-7-6-10-2-4-11(5-3-10)21(14,19)20/h2-5,8-9H,6-7H2,1H3,(H,15,18). The lowest BCUT2D eigenvalue weighted by molar-refractivity contribution is 0.0949. The maximum atomic E-state index is 11.8. The van der Waals surface area contributed by atoms with Crippen molar-refractivity contribution in [2.75, 3.05) is 6.54 Å². The monoisotopic (exact) mass is 327 g/mol. The number of nitrogens with one attached hydrogen (secondary N) is 1. The molecule has 0 fully saturated rings. The maximum absolute atomic E-state index is 11.8. The minimum Gasteiger partial charge on any atom is -0.350 e. The molecule has 1 heterocycles. The van der Waals surface area contributed by atoms with Crippen LogP contribution in [0, 0.1) is 0 Å². The Bertz CT molecular complexity index is 738. The molecule has 0 aliphatic heterocycles. The van der Waals surface area contributed by atoms with Crippen molar-refractivity contribution in [3.8, 4) is 0 Å². The summed E-state index contributed by atoms with van der Waals surface area (Å²) in [6.45, 7) is 0.433. The summed E-state index contributed by atoms with van der Waals surface area (Å²) in [5.41, 5.74) is 1.27. The van der Waals surface area contributed by atoms with Gasteiger partial charge in [0.25, 0.3) is 15.0 Å². The summed E-state index contributed by atoms with van der Waals surface area (Å²) in [4.78, 5) is 15.8. The second-order valence-electron chi connectivity index (χ2n) is 4.51. The Morgan fingerprint density at radius 3 is 2.52 bits per heavy atom. The van der Waals surface area contributed by atoms with E-state index in [1.807, 2.05) is 0 Å². The second-order valence-corrected chi connectivity index (χ2v) is 7.08. The molecule has 1 aromatic carbocycles. The second kappa shape index (κ2) is 6.28. The van der Waals surface area contributed by atoms with Gasteiger partial charge < -0.3 is 9.88 Å². The van der Waals surface area contributed by atoms with Crippen LogP contribution in [0.25, 0.3) is 0 Å². The molecule has 0 spiro atoms. The van der Waals surface area contributed by atoms with Crippen LogP contribution in [0.1, 0.15) is 16.1 Å². The first-order chi connectivity index (χ1) is 9.86. The van der Waals surface area contributed by atoms with Gasteiger partial charge in [-0.2, -0.15) is 0 Å². The molecule has 1 amide bonds. The molecule has 0 unspecified atom stereocenters. The molecule has 0 saturated heterocycles. The summed E-state index contributed by atoms with van der Waals surface area (Å²) in [6.07, 6.45) is 3.77. The SMILES string of the molecule is Cn1cnc(C(=O)NCCc2ccc(S(=O)(=O)Cl)cc2)c1. The number of carbonyl (C=O) groups excluding carboxylic acids is 1. The van der Waals surface area contributed by atoms with Gasteiger partial charge in [-0.05, 0) is 24.1 Å². The zero-order valence-electron chi connectivity index (χ0n) is 11.3. The Morgan fingerprint density at radius 2 is 2.00 bits per heavy atom. The number of imidazole rings is 1. The van der Waals surface area contributed by atoms with Crippen LogP contribution >= 0.6 is 10.7 Å². The molecule has 0 saturated carbocycles. The average molecular weight is 328 g/mol. The number of aromatic nitrogens is 2. The lowest BCUT2D eigenvalue weighted by atomic mass is 10.1. The molecule has 8 heteroatoms. The molecular formula is C13H14ClN3O3S. The number of carbonyl (C=O) groups is 1. The van der Waals surface area contributed by atoms with E-state index in [1.54, 1.807) is 36.3 Å². The van der Waals surface area contributed by atoms with Crippen molar-refractivity contribution in [1.29, 1.82) is 0 Å². The van der Waals surface area contributed by atoms with Crippen molar-refractivity contribution in [3.63, 3.8) is 0 Å². The van der Waals surface area contributed by atoms with E-state index >= 15 is 0 Å². The van der Waals surface area contributed by atoms with Gasteiger partial charge in [-0.1, -0.05) is 12.1 Å². The molecule has 0 radical (unpaired) electrons. The van der Waals surface area contributed by atoms with Gasteiger partial charge >= 0.3 is 0 Å². The van der Waals surface area contributed by atoms with Crippen molar-refractivity contribution in [2.24, 2.45) is 7.05 Å². The fourth-order valence-electron chi connectivity index (χ4n) is 1.76. The third kappa shape index (κ3) is 4.30. The summed E-state index contributed by atoms with van der Waals surface area (Å²) in [7, 11) is 3.33. The Hall–Kier alpha value is -1.86. The summed E-state index contributed by atoms with van der Waals surface area (Å²) in [6, 6.07) is 6.22. The smallest absolute Gasteiger partial charge is 0.271 e. The molecule has 0 aliphatic rings. The molecule has 0 bridgehead atoms. The van der Waals surface area contributed by atoms with Crippen LogP contribution in [0.2, 0.25) is 0 Å². The van der Waals surface area contributed by atoms with Crippen LogP contribution < -0.4 is 5.32 Å². The number of benzene rings is 1. The number of halogens is 1. The van der Waals surface area contributed by atoms with Gasteiger partial charge in [0.2, 0.25) is 0 Å². The Morgan fingerprint density at radius 1 is 1.33 bits per heavy atom. The first-order valence-corrected chi connectivity index (χ1v) is 8.47. The van der Waals surface area contributed by atoms with E-state index in [-0.39, 0.29) is 10.8 Å². The van der Waals surface area contributed by atoms with Gasteiger partial charge in [0.05, 0.1) is 11.2 Å². The van der Waals surface area contributed by atoms with E-state index in [4.69, 9.17) is 10.7 Å². The highest BCUT2D eigenvalue weighted by molar-refractivity contribution is 8.13. The van der Waals surface area contributed by atoms with E-state index in [0.717, 1.165) is 5.56 Å². The Kier molecular flexibility index (Phi) is 4.64. The van der Waals surface area contributed by atoms with E-state index in [9.17, 15) is 13.2 Å². The Labute approximate surface area is 127 Å². The van der Waals surface area contributed by atoms with Gasteiger partial charge in [-0.15, -0.1) is 0 Å². The number of aryl methyl sites for hydroxylation is 1. The summed E-state index contributed by atoms with van der Waals surface area (Å²) < 4.78 is 23.9. The summed E-state index contributed by atoms with van der Waals surface area (Å²) in [5, 5.41) is 2.75. The van der Waals surface area contributed by atoms with E-state index in [0.29, 0.717) is 18.7 Å². The van der Waals surface area contributed by atoms with E-state index in [2.05, 4.69) is 10.3 Å². The fraction of sp³-hybridized carbons (Fsp3) is 0.231. The number of amides is 1. The zero-order chi connectivity index (χ0) is 15.5. The molecule has 112 valence electrons. The number of rotatable bonds is 5. The fourth-order valence-corrected chi connectivity index (χ4v) is 2.53. The van der Waals surface area contributed by atoms with Crippen molar-refractivity contribution in [3.05, 3.63) is 48.0 Å². The van der Waals surface area contributed by atoms with Gasteiger partial charge in [0, 0.05) is 30.5 Å². The lowest BCUT2D eigenvalue weighted by Gasteiger charge is -2.04.